The molecule has 1 aliphatic heterocycles. The number of aromatic nitrogens is 2. The van der Waals surface area contributed by atoms with E-state index in [4.69, 9.17) is 9.72 Å². The molecular formula is C67H69N4OPt-3. The van der Waals surface area contributed by atoms with Gasteiger partial charge in [-0.25, -0.2) is 4.98 Å². The van der Waals surface area contributed by atoms with E-state index in [0.717, 1.165) is 55.9 Å². The summed E-state index contributed by atoms with van der Waals surface area (Å²) >= 11 is 0. The van der Waals surface area contributed by atoms with Gasteiger partial charge in [-0.2, -0.15) is 6.07 Å². The van der Waals surface area contributed by atoms with E-state index in [1.54, 1.807) is 0 Å². The quantitative estimate of drug-likeness (QED) is 0.142. The van der Waals surface area contributed by atoms with Crippen LogP contribution < -0.4 is 14.5 Å². The van der Waals surface area contributed by atoms with Crippen molar-refractivity contribution >= 4 is 44.6 Å². The third-order valence-corrected chi connectivity index (χ3v) is 14.6. The van der Waals surface area contributed by atoms with Crippen LogP contribution in [0.1, 0.15) is 130 Å². The van der Waals surface area contributed by atoms with E-state index in [2.05, 4.69) is 276 Å². The first-order chi connectivity index (χ1) is 33.9. The van der Waals surface area contributed by atoms with Gasteiger partial charge in [0.2, 0.25) is 0 Å². The molecule has 1 aliphatic rings. The van der Waals surface area contributed by atoms with E-state index in [1.807, 2.05) is 12.3 Å². The number of nitrogens with zero attached hydrogens (tertiary/aromatic N) is 4. The fourth-order valence-corrected chi connectivity index (χ4v) is 10.2. The number of para-hydroxylation sites is 1. The summed E-state index contributed by atoms with van der Waals surface area (Å²) in [5.41, 5.74) is 15.2. The Morgan fingerprint density at radius 3 is 1.73 bits per heavy atom. The number of hydrogen-bond donors (Lipinski definition) is 0. The Bertz CT molecular complexity index is 3490. The van der Waals surface area contributed by atoms with Gasteiger partial charge in [0.1, 0.15) is 5.82 Å². The molecule has 7 aromatic carbocycles. The molecule has 376 valence electrons. The van der Waals surface area contributed by atoms with Crippen LogP contribution in [0.3, 0.4) is 0 Å². The normalized spacial score (nSPS) is 13.4. The second-order valence-electron chi connectivity index (χ2n) is 24.4. The van der Waals surface area contributed by atoms with E-state index in [0.29, 0.717) is 11.5 Å². The van der Waals surface area contributed by atoms with E-state index >= 15 is 0 Å². The molecule has 0 fully saturated rings. The Balaban J connectivity index is 0.00000656. The average Bonchev–Trinajstić information content (AvgIpc) is 3.88. The second-order valence-corrected chi connectivity index (χ2v) is 24.4. The second kappa shape index (κ2) is 18.8. The topological polar surface area (TPSA) is 33.5 Å². The fraction of sp³-hybridized carbons (Fsp3) is 0.284. The van der Waals surface area contributed by atoms with Crippen LogP contribution >= 0.6 is 0 Å². The predicted octanol–water partition coefficient (Wildman–Crippen LogP) is 18.2. The number of fused-ring (bicyclic) bond motifs is 4. The smallest absolute Gasteiger partial charge is 0.135 e. The summed E-state index contributed by atoms with van der Waals surface area (Å²) in [7, 11) is 0. The van der Waals surface area contributed by atoms with Crippen LogP contribution in [0, 0.1) is 18.8 Å². The van der Waals surface area contributed by atoms with Crippen molar-refractivity contribution in [3.8, 4) is 28.4 Å². The van der Waals surface area contributed by atoms with Crippen molar-refractivity contribution in [3.63, 3.8) is 0 Å². The molecular weight excluding hydrogens is 1070 g/mol. The van der Waals surface area contributed by atoms with Gasteiger partial charge >= 0.3 is 0 Å². The van der Waals surface area contributed by atoms with Crippen molar-refractivity contribution in [1.82, 2.24) is 9.55 Å². The van der Waals surface area contributed by atoms with E-state index in [-0.39, 0.29) is 42.7 Å². The third kappa shape index (κ3) is 9.91. The molecule has 10 rings (SSSR count). The first-order valence-electron chi connectivity index (χ1n) is 25.5. The maximum absolute atomic E-state index is 7.08. The Hall–Kier alpha value is -6.42. The Morgan fingerprint density at radius 2 is 1.08 bits per heavy atom. The summed E-state index contributed by atoms with van der Waals surface area (Å²) in [5.74, 6) is 2.05. The first kappa shape index (κ1) is 51.5. The number of pyridine rings is 1. The minimum Gasteiger partial charge on any atom is -0.509 e. The van der Waals surface area contributed by atoms with Crippen LogP contribution in [0.2, 0.25) is 0 Å². The van der Waals surface area contributed by atoms with Crippen molar-refractivity contribution in [3.05, 3.63) is 210 Å². The molecule has 0 saturated carbocycles. The van der Waals surface area contributed by atoms with E-state index in [9.17, 15) is 0 Å². The zero-order chi connectivity index (χ0) is 51.1. The maximum atomic E-state index is 7.08. The van der Waals surface area contributed by atoms with Crippen LogP contribution in [0.15, 0.2) is 158 Å². The molecule has 0 unspecified atom stereocenters. The Labute approximate surface area is 449 Å². The largest absolute Gasteiger partial charge is 0.509 e. The van der Waals surface area contributed by atoms with Crippen molar-refractivity contribution in [2.75, 3.05) is 9.80 Å². The minimum absolute atomic E-state index is 0. The molecule has 0 spiro atoms. The van der Waals surface area contributed by atoms with Gasteiger partial charge in [-0.1, -0.05) is 187 Å². The summed E-state index contributed by atoms with van der Waals surface area (Å²) in [6, 6.07) is 62.6. The minimum atomic E-state index is -0.395. The zero-order valence-electron chi connectivity index (χ0n) is 45.1. The predicted molar refractivity (Wildman–Crippen MR) is 303 cm³/mol. The number of anilines is 4. The molecule has 6 heteroatoms. The van der Waals surface area contributed by atoms with Gasteiger partial charge in [0.05, 0.1) is 0 Å². The molecule has 0 N–H and O–H groups in total. The molecule has 2 aromatic heterocycles. The van der Waals surface area contributed by atoms with Gasteiger partial charge < -0.3 is 19.1 Å². The summed E-state index contributed by atoms with van der Waals surface area (Å²) in [5, 5.41) is 2.22. The van der Waals surface area contributed by atoms with Crippen LogP contribution in [0.5, 0.6) is 11.5 Å². The monoisotopic (exact) mass is 1140 g/mol. The van der Waals surface area contributed by atoms with Gasteiger partial charge in [0.25, 0.3) is 0 Å². The number of hydrogen-bond acceptors (Lipinski definition) is 4. The van der Waals surface area contributed by atoms with Crippen LogP contribution in [0.4, 0.5) is 22.7 Å². The first-order valence-corrected chi connectivity index (χ1v) is 25.5. The Morgan fingerprint density at radius 1 is 0.466 bits per heavy atom. The Kier molecular flexibility index (Phi) is 13.3. The third-order valence-electron chi connectivity index (χ3n) is 14.6. The van der Waals surface area contributed by atoms with Gasteiger partial charge in [0.15, 0.2) is 0 Å². The van der Waals surface area contributed by atoms with E-state index in [1.165, 1.54) is 38.9 Å². The van der Waals surface area contributed by atoms with Crippen molar-refractivity contribution in [1.29, 1.82) is 0 Å². The molecule has 9 aromatic rings. The molecule has 0 aliphatic carbocycles. The van der Waals surface area contributed by atoms with Crippen LogP contribution in [-0.2, 0) is 48.1 Å². The number of benzene rings is 7. The van der Waals surface area contributed by atoms with Gasteiger partial charge in [0, 0.05) is 61.3 Å². The number of ether oxygens (including phenoxy) is 1. The van der Waals surface area contributed by atoms with Crippen LogP contribution in [-0.4, -0.2) is 9.55 Å². The molecule has 0 bridgehead atoms. The molecule has 0 radical (unpaired) electrons. The molecule has 73 heavy (non-hydrogen) atoms. The maximum Gasteiger partial charge on any atom is 0.135 e. The van der Waals surface area contributed by atoms with Gasteiger partial charge in [-0.15, -0.1) is 53.6 Å². The molecule has 0 saturated heterocycles. The average molecular weight is 1140 g/mol. The summed E-state index contributed by atoms with van der Waals surface area (Å²) in [6.45, 7) is 34.5. The SMILES string of the molecule is CC(C)(C)c1cc(-c2ccccc2)cc(N2[CH-]N(c3[c-]c(Oc4[c-]c5c(cc4)c4ccccc4n5-c4cc(C(C)(C)C)ccn4)cc(C(C)(C)c4ccccc4)c3)c3cc(C(C)(C)C)c(C(C)(C)C)cc32)c1.[Pt]. The summed E-state index contributed by atoms with van der Waals surface area (Å²) in [4.78, 5) is 9.67. The molecule has 3 heterocycles. The number of rotatable bonds is 8. The fourth-order valence-electron chi connectivity index (χ4n) is 10.2. The van der Waals surface area contributed by atoms with Crippen molar-refractivity contribution in [2.45, 2.75) is 124 Å². The van der Waals surface area contributed by atoms with E-state index < -0.39 is 5.41 Å². The molecule has 0 atom stereocenters. The van der Waals surface area contributed by atoms with Crippen molar-refractivity contribution in [2.24, 2.45) is 0 Å². The summed E-state index contributed by atoms with van der Waals surface area (Å²) < 4.78 is 9.30. The standard InChI is InChI=1S/C67H69N4O.Pt/c1-63(2,3)47-31-32-68-62(38-47)71-58-28-22-21-27-54(58)55-30-29-52(40-59(55)71)72-53-37-49(67(13,14)46-25-19-16-20-26-46)36-51(39-53)70-43-69(60-41-56(65(7,8)9)57(42-61(60)70)66(10,11)12)50-34-45(44-23-17-15-18-24-44)33-48(35-50)64(4,5)6;/h15-38,41-43H,1-14H3;/q-3;. The zero-order valence-corrected chi connectivity index (χ0v) is 47.4. The summed E-state index contributed by atoms with van der Waals surface area (Å²) in [6.07, 6.45) is 1.92. The molecule has 0 amide bonds. The van der Waals surface area contributed by atoms with Crippen molar-refractivity contribution < 1.29 is 25.8 Å². The van der Waals surface area contributed by atoms with Gasteiger partial charge in [-0.05, 0) is 114 Å². The van der Waals surface area contributed by atoms with Crippen LogP contribution in [0.25, 0.3) is 38.8 Å². The molecule has 5 nitrogen and oxygen atoms in total. The van der Waals surface area contributed by atoms with Gasteiger partial charge in [-0.3, -0.25) is 0 Å².